The Morgan fingerprint density at radius 2 is 1.58 bits per heavy atom. The van der Waals surface area contributed by atoms with Crippen molar-refractivity contribution in [3.63, 3.8) is 0 Å². The third-order valence-electron chi connectivity index (χ3n) is 4.63. The van der Waals surface area contributed by atoms with Gasteiger partial charge >= 0.3 is 0 Å². The molecule has 3 heterocycles. The van der Waals surface area contributed by atoms with E-state index in [0.29, 0.717) is 0 Å². The number of nitrogens with zero attached hydrogens (tertiary/aromatic N) is 5. The van der Waals surface area contributed by atoms with Gasteiger partial charge in [0.05, 0.1) is 24.7 Å². The smallest absolute Gasteiger partial charge is 0.147 e. The summed E-state index contributed by atoms with van der Waals surface area (Å²) < 4.78 is 0. The van der Waals surface area contributed by atoms with Crippen molar-refractivity contribution in [1.29, 1.82) is 0 Å². The molecule has 1 fully saturated rings. The van der Waals surface area contributed by atoms with Crippen molar-refractivity contribution in [2.75, 3.05) is 36.0 Å². The molecule has 26 heavy (non-hydrogen) atoms. The highest BCUT2D eigenvalue weighted by Crippen LogP contribution is 2.22. The van der Waals surface area contributed by atoms with Crippen LogP contribution < -0.4 is 9.80 Å². The van der Waals surface area contributed by atoms with E-state index >= 15 is 0 Å². The Bertz CT molecular complexity index is 846. The molecule has 1 aromatic carbocycles. The minimum absolute atomic E-state index is 0.0482. The van der Waals surface area contributed by atoms with Crippen LogP contribution in [0.15, 0.2) is 61.1 Å². The van der Waals surface area contributed by atoms with E-state index in [0.717, 1.165) is 54.6 Å². The normalized spacial score (nSPS) is 14.5. The lowest BCUT2D eigenvalue weighted by Crippen LogP contribution is -2.47. The van der Waals surface area contributed by atoms with E-state index in [-0.39, 0.29) is 6.61 Å². The van der Waals surface area contributed by atoms with E-state index in [1.807, 2.05) is 54.9 Å². The molecule has 0 saturated carbocycles. The first-order valence-electron chi connectivity index (χ1n) is 8.76. The van der Waals surface area contributed by atoms with Gasteiger partial charge in [0.1, 0.15) is 11.6 Å². The molecule has 2 aromatic heterocycles. The van der Waals surface area contributed by atoms with Gasteiger partial charge in [-0.1, -0.05) is 30.3 Å². The highest BCUT2D eigenvalue weighted by Gasteiger charge is 2.19. The zero-order chi connectivity index (χ0) is 17.8. The van der Waals surface area contributed by atoms with E-state index < -0.39 is 0 Å². The number of rotatable bonds is 4. The summed E-state index contributed by atoms with van der Waals surface area (Å²) in [6.45, 7) is 3.64. The summed E-state index contributed by atoms with van der Waals surface area (Å²) in [6.07, 6.45) is 5.43. The van der Waals surface area contributed by atoms with E-state index in [1.165, 1.54) is 0 Å². The van der Waals surface area contributed by atoms with Crippen LogP contribution in [0.25, 0.3) is 11.3 Å². The number of piperazine rings is 1. The van der Waals surface area contributed by atoms with E-state index in [9.17, 15) is 5.11 Å². The molecule has 1 saturated heterocycles. The van der Waals surface area contributed by atoms with Crippen LogP contribution in [-0.2, 0) is 6.61 Å². The van der Waals surface area contributed by atoms with Gasteiger partial charge in [-0.2, -0.15) is 0 Å². The third kappa shape index (κ3) is 3.50. The van der Waals surface area contributed by atoms with Gasteiger partial charge < -0.3 is 14.9 Å². The lowest BCUT2D eigenvalue weighted by atomic mass is 10.1. The number of pyridine rings is 1. The first-order chi connectivity index (χ1) is 12.8. The summed E-state index contributed by atoms with van der Waals surface area (Å²) in [4.78, 5) is 18.1. The molecule has 6 nitrogen and oxygen atoms in total. The molecular formula is C20H21N5O. The molecule has 4 rings (SSSR count). The maximum Gasteiger partial charge on any atom is 0.147 e. The second-order valence-corrected chi connectivity index (χ2v) is 6.28. The Morgan fingerprint density at radius 3 is 2.23 bits per heavy atom. The standard InChI is InChI=1S/C20H21N5O/c26-15-16-4-6-17(7-5-16)18-13-21-14-20(23-18)25-11-9-24(10-12-25)19-3-1-2-8-22-19/h1-8,13-14,26H,9-12,15H2. The second-order valence-electron chi connectivity index (χ2n) is 6.28. The number of benzene rings is 1. The molecule has 0 spiro atoms. The number of hydrogen-bond acceptors (Lipinski definition) is 6. The molecule has 0 aliphatic carbocycles. The maximum absolute atomic E-state index is 9.17. The molecule has 1 aliphatic rings. The fourth-order valence-corrected chi connectivity index (χ4v) is 3.13. The van der Waals surface area contributed by atoms with Crippen LogP contribution in [-0.4, -0.2) is 46.2 Å². The second kappa shape index (κ2) is 7.49. The van der Waals surface area contributed by atoms with Gasteiger partial charge in [-0.15, -0.1) is 0 Å². The van der Waals surface area contributed by atoms with Gasteiger partial charge in [0.25, 0.3) is 0 Å². The first-order valence-corrected chi connectivity index (χ1v) is 8.76. The highest BCUT2D eigenvalue weighted by molar-refractivity contribution is 5.60. The van der Waals surface area contributed by atoms with Crippen molar-refractivity contribution in [3.8, 4) is 11.3 Å². The Hall–Kier alpha value is -2.99. The number of aliphatic hydroxyl groups is 1. The zero-order valence-electron chi connectivity index (χ0n) is 14.5. The van der Waals surface area contributed by atoms with Gasteiger partial charge in [-0.3, -0.25) is 4.98 Å². The summed E-state index contributed by atoms with van der Waals surface area (Å²) in [5.74, 6) is 1.92. The summed E-state index contributed by atoms with van der Waals surface area (Å²) in [6, 6.07) is 13.8. The van der Waals surface area contributed by atoms with E-state index in [4.69, 9.17) is 4.98 Å². The van der Waals surface area contributed by atoms with Crippen LogP contribution in [0.5, 0.6) is 0 Å². The van der Waals surface area contributed by atoms with Gasteiger partial charge in [0.2, 0.25) is 0 Å². The fraction of sp³-hybridized carbons (Fsp3) is 0.250. The summed E-state index contributed by atoms with van der Waals surface area (Å²) in [7, 11) is 0. The van der Waals surface area contributed by atoms with E-state index in [2.05, 4.69) is 19.8 Å². The predicted molar refractivity (Wildman–Crippen MR) is 102 cm³/mol. The minimum Gasteiger partial charge on any atom is -0.392 e. The fourth-order valence-electron chi connectivity index (χ4n) is 3.13. The first kappa shape index (κ1) is 16.5. The van der Waals surface area contributed by atoms with E-state index in [1.54, 1.807) is 6.20 Å². The molecular weight excluding hydrogens is 326 g/mol. The SMILES string of the molecule is OCc1ccc(-c2cncc(N3CCN(c4ccccn4)CC3)n2)cc1. The van der Waals surface area contributed by atoms with Crippen LogP contribution in [0.4, 0.5) is 11.6 Å². The average molecular weight is 347 g/mol. The Morgan fingerprint density at radius 1 is 0.846 bits per heavy atom. The quantitative estimate of drug-likeness (QED) is 0.782. The number of aliphatic hydroxyl groups excluding tert-OH is 1. The molecule has 0 amide bonds. The molecule has 0 radical (unpaired) electrons. The Balaban J connectivity index is 1.47. The number of aromatic nitrogens is 3. The summed E-state index contributed by atoms with van der Waals surface area (Å²) in [5.41, 5.74) is 2.74. The Kier molecular flexibility index (Phi) is 4.75. The van der Waals surface area contributed by atoms with Crippen molar-refractivity contribution < 1.29 is 5.11 Å². The largest absolute Gasteiger partial charge is 0.392 e. The molecule has 132 valence electrons. The van der Waals surface area contributed by atoms with Crippen LogP contribution in [0.1, 0.15) is 5.56 Å². The zero-order valence-corrected chi connectivity index (χ0v) is 14.5. The Labute approximate surface area is 152 Å². The van der Waals surface area contributed by atoms with Crippen LogP contribution in [0, 0.1) is 0 Å². The number of anilines is 2. The van der Waals surface area contributed by atoms with Crippen molar-refractivity contribution in [2.45, 2.75) is 6.61 Å². The van der Waals surface area contributed by atoms with Crippen molar-refractivity contribution in [3.05, 3.63) is 66.6 Å². The van der Waals surface area contributed by atoms with Gasteiger partial charge in [0, 0.05) is 37.9 Å². The third-order valence-corrected chi connectivity index (χ3v) is 4.63. The lowest BCUT2D eigenvalue weighted by Gasteiger charge is -2.35. The summed E-state index contributed by atoms with van der Waals surface area (Å²) in [5, 5.41) is 9.17. The molecule has 1 N–H and O–H groups in total. The topological polar surface area (TPSA) is 65.4 Å². The predicted octanol–water partition coefficient (Wildman–Crippen LogP) is 2.36. The molecule has 3 aromatic rings. The maximum atomic E-state index is 9.17. The van der Waals surface area contributed by atoms with Crippen molar-refractivity contribution in [1.82, 2.24) is 15.0 Å². The molecule has 1 aliphatic heterocycles. The molecule has 0 atom stereocenters. The minimum atomic E-state index is 0.0482. The van der Waals surface area contributed by atoms with Crippen LogP contribution >= 0.6 is 0 Å². The lowest BCUT2D eigenvalue weighted by molar-refractivity contribution is 0.282. The van der Waals surface area contributed by atoms with Crippen LogP contribution in [0.3, 0.4) is 0 Å². The molecule has 6 heteroatoms. The van der Waals surface area contributed by atoms with Gasteiger partial charge in [-0.25, -0.2) is 9.97 Å². The molecule has 0 unspecified atom stereocenters. The average Bonchev–Trinajstić information content (AvgIpc) is 2.75. The molecule has 0 bridgehead atoms. The summed E-state index contributed by atoms with van der Waals surface area (Å²) >= 11 is 0. The number of hydrogen-bond donors (Lipinski definition) is 1. The van der Waals surface area contributed by atoms with Gasteiger partial charge in [-0.05, 0) is 17.7 Å². The monoisotopic (exact) mass is 347 g/mol. The van der Waals surface area contributed by atoms with Gasteiger partial charge in [0.15, 0.2) is 0 Å². The van der Waals surface area contributed by atoms with Crippen molar-refractivity contribution in [2.24, 2.45) is 0 Å². The highest BCUT2D eigenvalue weighted by atomic mass is 16.3. The van der Waals surface area contributed by atoms with Crippen molar-refractivity contribution >= 4 is 11.6 Å². The van der Waals surface area contributed by atoms with Crippen LogP contribution in [0.2, 0.25) is 0 Å².